The lowest BCUT2D eigenvalue weighted by molar-refractivity contribution is 0.379. The van der Waals surface area contributed by atoms with Gasteiger partial charge in [-0.1, -0.05) is 19.1 Å². The molecule has 0 saturated carbocycles. The van der Waals surface area contributed by atoms with E-state index in [1.807, 2.05) is 12.1 Å². The molecule has 1 unspecified atom stereocenters. The maximum Gasteiger partial charge on any atom is 0.115 e. The van der Waals surface area contributed by atoms with Crippen LogP contribution in [0.1, 0.15) is 32.8 Å². The molecule has 0 aliphatic heterocycles. The second-order valence-corrected chi connectivity index (χ2v) is 5.17. The number of aromatic hydroxyl groups is 1. The first kappa shape index (κ1) is 12.1. The van der Waals surface area contributed by atoms with Gasteiger partial charge in [0.05, 0.1) is 0 Å². The molecule has 0 aromatic heterocycles. The number of phenolic OH excluding ortho intramolecular Hbond substituents is 1. The summed E-state index contributed by atoms with van der Waals surface area (Å²) in [6, 6.07) is 7.40. The van der Waals surface area contributed by atoms with Crippen molar-refractivity contribution < 1.29 is 5.11 Å². The molecule has 0 bridgehead atoms. The minimum atomic E-state index is -0.101. The minimum absolute atomic E-state index is 0.101. The Kier molecular flexibility index (Phi) is 3.75. The van der Waals surface area contributed by atoms with Crippen LogP contribution in [0.4, 0.5) is 0 Å². The predicted octanol–water partition coefficient (Wildman–Crippen LogP) is 2.70. The number of rotatable bonds is 4. The van der Waals surface area contributed by atoms with Gasteiger partial charge in [-0.25, -0.2) is 0 Å². The number of hydrogen-bond donors (Lipinski definition) is 2. The summed E-state index contributed by atoms with van der Waals surface area (Å²) in [4.78, 5) is 0. The van der Waals surface area contributed by atoms with Crippen LogP contribution < -0.4 is 5.73 Å². The first-order chi connectivity index (χ1) is 6.87. The fourth-order valence-electron chi connectivity index (χ4n) is 2.00. The maximum atomic E-state index is 9.16. The molecular weight excluding hydrogens is 186 g/mol. The molecule has 0 aliphatic carbocycles. The summed E-state index contributed by atoms with van der Waals surface area (Å²) in [5, 5.41) is 9.16. The SMILES string of the molecule is CC(Cc1ccc(O)cc1)CC(C)(C)N. The monoisotopic (exact) mass is 207 g/mol. The van der Waals surface area contributed by atoms with Crippen molar-refractivity contribution in [2.24, 2.45) is 11.7 Å². The van der Waals surface area contributed by atoms with Crippen LogP contribution in [0.15, 0.2) is 24.3 Å². The Morgan fingerprint density at radius 2 is 1.80 bits per heavy atom. The van der Waals surface area contributed by atoms with Crippen LogP contribution in [0.2, 0.25) is 0 Å². The first-order valence-electron chi connectivity index (χ1n) is 5.43. The van der Waals surface area contributed by atoms with E-state index in [4.69, 9.17) is 10.8 Å². The normalized spacial score (nSPS) is 13.9. The zero-order valence-corrected chi connectivity index (χ0v) is 9.83. The molecule has 0 saturated heterocycles. The minimum Gasteiger partial charge on any atom is -0.508 e. The second kappa shape index (κ2) is 4.67. The summed E-state index contributed by atoms with van der Waals surface area (Å²) in [7, 11) is 0. The van der Waals surface area contributed by atoms with Crippen LogP contribution in [-0.4, -0.2) is 10.6 Å². The van der Waals surface area contributed by atoms with Crippen LogP contribution in [0, 0.1) is 5.92 Å². The quantitative estimate of drug-likeness (QED) is 0.797. The Morgan fingerprint density at radius 1 is 1.27 bits per heavy atom. The molecule has 1 aromatic rings. The predicted molar refractivity (Wildman–Crippen MR) is 63.9 cm³/mol. The van der Waals surface area contributed by atoms with Crippen LogP contribution in [0.3, 0.4) is 0 Å². The molecule has 84 valence electrons. The average Bonchev–Trinajstić information content (AvgIpc) is 2.05. The number of phenols is 1. The highest BCUT2D eigenvalue weighted by molar-refractivity contribution is 5.26. The van der Waals surface area contributed by atoms with Gasteiger partial charge >= 0.3 is 0 Å². The highest BCUT2D eigenvalue weighted by atomic mass is 16.3. The summed E-state index contributed by atoms with van der Waals surface area (Å²) in [6.45, 7) is 6.32. The molecule has 1 aromatic carbocycles. The molecule has 0 aliphatic rings. The van der Waals surface area contributed by atoms with Crippen LogP contribution in [0.5, 0.6) is 5.75 Å². The molecule has 0 amide bonds. The van der Waals surface area contributed by atoms with Gasteiger partial charge in [-0.2, -0.15) is 0 Å². The van der Waals surface area contributed by atoms with Crippen molar-refractivity contribution >= 4 is 0 Å². The molecule has 2 heteroatoms. The molecule has 0 heterocycles. The van der Waals surface area contributed by atoms with Gasteiger partial charge < -0.3 is 10.8 Å². The molecule has 2 nitrogen and oxygen atoms in total. The van der Waals surface area contributed by atoms with Crippen molar-refractivity contribution in [2.45, 2.75) is 39.2 Å². The largest absolute Gasteiger partial charge is 0.508 e. The Balaban J connectivity index is 2.51. The van der Waals surface area contributed by atoms with Crippen molar-refractivity contribution in [3.63, 3.8) is 0 Å². The standard InChI is InChI=1S/C13H21NO/c1-10(9-13(2,3)14)8-11-4-6-12(15)7-5-11/h4-7,10,15H,8-9,14H2,1-3H3. The van der Waals surface area contributed by atoms with Crippen molar-refractivity contribution in [3.8, 4) is 5.75 Å². The Hall–Kier alpha value is -1.02. The molecule has 1 atom stereocenters. The van der Waals surface area contributed by atoms with Crippen molar-refractivity contribution in [1.29, 1.82) is 0 Å². The zero-order chi connectivity index (χ0) is 11.5. The third-order valence-corrected chi connectivity index (χ3v) is 2.40. The van der Waals surface area contributed by atoms with E-state index in [1.165, 1.54) is 5.56 Å². The fraction of sp³-hybridized carbons (Fsp3) is 0.538. The third-order valence-electron chi connectivity index (χ3n) is 2.40. The van der Waals surface area contributed by atoms with E-state index in [0.717, 1.165) is 12.8 Å². The van der Waals surface area contributed by atoms with E-state index in [0.29, 0.717) is 11.7 Å². The highest BCUT2D eigenvalue weighted by Gasteiger charge is 2.15. The number of nitrogens with two attached hydrogens (primary N) is 1. The Bertz CT molecular complexity index is 297. The third kappa shape index (κ3) is 4.84. The van der Waals surface area contributed by atoms with E-state index in [-0.39, 0.29) is 5.54 Å². The van der Waals surface area contributed by atoms with E-state index < -0.39 is 0 Å². The second-order valence-electron chi connectivity index (χ2n) is 5.17. The Morgan fingerprint density at radius 3 is 2.27 bits per heavy atom. The van der Waals surface area contributed by atoms with Gasteiger partial charge in [0.25, 0.3) is 0 Å². The highest BCUT2D eigenvalue weighted by Crippen LogP contribution is 2.19. The molecule has 3 N–H and O–H groups in total. The summed E-state index contributed by atoms with van der Waals surface area (Å²) < 4.78 is 0. The summed E-state index contributed by atoms with van der Waals surface area (Å²) in [5.41, 5.74) is 7.13. The fourth-order valence-corrected chi connectivity index (χ4v) is 2.00. The lowest BCUT2D eigenvalue weighted by Gasteiger charge is -2.23. The average molecular weight is 207 g/mol. The van der Waals surface area contributed by atoms with Gasteiger partial charge in [0.1, 0.15) is 5.75 Å². The molecule has 0 spiro atoms. The van der Waals surface area contributed by atoms with Gasteiger partial charge in [-0.3, -0.25) is 0 Å². The van der Waals surface area contributed by atoms with E-state index in [2.05, 4.69) is 20.8 Å². The summed E-state index contributed by atoms with van der Waals surface area (Å²) in [5.74, 6) is 0.889. The number of benzene rings is 1. The topological polar surface area (TPSA) is 46.2 Å². The van der Waals surface area contributed by atoms with Gasteiger partial charge in [-0.05, 0) is 50.3 Å². The van der Waals surface area contributed by atoms with Crippen molar-refractivity contribution in [1.82, 2.24) is 0 Å². The Labute approximate surface area is 92.1 Å². The number of hydrogen-bond acceptors (Lipinski definition) is 2. The van der Waals surface area contributed by atoms with E-state index in [9.17, 15) is 0 Å². The smallest absolute Gasteiger partial charge is 0.115 e. The summed E-state index contributed by atoms with van der Waals surface area (Å²) in [6.07, 6.45) is 2.02. The van der Waals surface area contributed by atoms with E-state index in [1.54, 1.807) is 12.1 Å². The van der Waals surface area contributed by atoms with Gasteiger partial charge in [0, 0.05) is 5.54 Å². The lowest BCUT2D eigenvalue weighted by Crippen LogP contribution is -2.34. The molecular formula is C13H21NO. The van der Waals surface area contributed by atoms with Crippen LogP contribution in [0.25, 0.3) is 0 Å². The van der Waals surface area contributed by atoms with Crippen LogP contribution in [-0.2, 0) is 6.42 Å². The molecule has 15 heavy (non-hydrogen) atoms. The first-order valence-corrected chi connectivity index (χ1v) is 5.43. The van der Waals surface area contributed by atoms with Gasteiger partial charge in [0.2, 0.25) is 0 Å². The molecule has 0 fully saturated rings. The molecule has 0 radical (unpaired) electrons. The van der Waals surface area contributed by atoms with Gasteiger partial charge in [-0.15, -0.1) is 0 Å². The summed E-state index contributed by atoms with van der Waals surface area (Å²) >= 11 is 0. The van der Waals surface area contributed by atoms with Crippen molar-refractivity contribution in [3.05, 3.63) is 29.8 Å². The van der Waals surface area contributed by atoms with Crippen LogP contribution >= 0.6 is 0 Å². The van der Waals surface area contributed by atoms with Crippen molar-refractivity contribution in [2.75, 3.05) is 0 Å². The maximum absolute atomic E-state index is 9.16. The molecule has 1 rings (SSSR count). The van der Waals surface area contributed by atoms with E-state index >= 15 is 0 Å². The lowest BCUT2D eigenvalue weighted by atomic mass is 9.88. The zero-order valence-electron chi connectivity index (χ0n) is 9.83. The van der Waals surface area contributed by atoms with Gasteiger partial charge in [0.15, 0.2) is 0 Å².